The van der Waals surface area contributed by atoms with E-state index in [1.165, 1.54) is 11.3 Å². The van der Waals surface area contributed by atoms with Crippen LogP contribution in [0.3, 0.4) is 0 Å². The largest absolute Gasteiger partial charge is 0.322 e. The van der Waals surface area contributed by atoms with Crippen LogP contribution in [0.2, 0.25) is 0 Å². The van der Waals surface area contributed by atoms with Gasteiger partial charge in [-0.1, -0.05) is 108 Å². The molecular weight excluding hydrogens is 556 g/mol. The first-order valence-electron chi connectivity index (χ1n) is 13.9. The minimum absolute atomic E-state index is 0.232. The monoisotopic (exact) mass is 582 g/mol. The SMILES string of the molecule is CC1=C(C(=O)Nc2ccccc2)[C@@H](c2ccccc2)n2c(s/c(=C3\C(=O)N(Cc4ccccc4)c4ccccc43)c2=O)=N1. The van der Waals surface area contributed by atoms with Crippen molar-refractivity contribution in [2.75, 3.05) is 10.2 Å². The second-order valence-corrected chi connectivity index (χ2v) is 11.4. The van der Waals surface area contributed by atoms with E-state index in [0.29, 0.717) is 44.0 Å². The Kier molecular flexibility index (Phi) is 6.68. The summed E-state index contributed by atoms with van der Waals surface area (Å²) in [4.78, 5) is 49.2. The maximum atomic E-state index is 14.4. The highest BCUT2D eigenvalue weighted by Crippen LogP contribution is 2.36. The summed E-state index contributed by atoms with van der Waals surface area (Å²) in [6.45, 7) is 2.17. The summed E-state index contributed by atoms with van der Waals surface area (Å²) in [6.07, 6.45) is 0. The maximum absolute atomic E-state index is 14.4. The second-order valence-electron chi connectivity index (χ2n) is 10.4. The normalized spacial score (nSPS) is 16.9. The van der Waals surface area contributed by atoms with Crippen molar-refractivity contribution in [2.45, 2.75) is 19.5 Å². The van der Waals surface area contributed by atoms with Crippen molar-refractivity contribution in [3.05, 3.63) is 163 Å². The van der Waals surface area contributed by atoms with Crippen LogP contribution in [0.1, 0.15) is 29.7 Å². The first-order chi connectivity index (χ1) is 21.0. The number of hydrogen-bond acceptors (Lipinski definition) is 5. The Labute approximate surface area is 251 Å². The number of anilines is 2. The smallest absolute Gasteiger partial charge is 0.271 e. The zero-order chi connectivity index (χ0) is 29.5. The van der Waals surface area contributed by atoms with Crippen LogP contribution < -0.4 is 25.1 Å². The zero-order valence-corrected chi connectivity index (χ0v) is 24.0. The molecule has 43 heavy (non-hydrogen) atoms. The van der Waals surface area contributed by atoms with Gasteiger partial charge in [-0.25, -0.2) is 4.99 Å². The lowest BCUT2D eigenvalue weighted by Gasteiger charge is -2.25. The molecule has 2 aliphatic rings. The van der Waals surface area contributed by atoms with E-state index >= 15 is 0 Å². The van der Waals surface area contributed by atoms with Crippen LogP contribution in [0.15, 0.2) is 136 Å². The molecule has 0 radical (unpaired) electrons. The van der Waals surface area contributed by atoms with Crippen LogP contribution in [0.5, 0.6) is 0 Å². The van der Waals surface area contributed by atoms with Crippen LogP contribution >= 0.6 is 11.3 Å². The molecule has 210 valence electrons. The predicted molar refractivity (Wildman–Crippen MR) is 168 cm³/mol. The molecule has 1 N–H and O–H groups in total. The number of thiazole rings is 1. The molecule has 5 aromatic rings. The van der Waals surface area contributed by atoms with E-state index in [1.54, 1.807) is 16.4 Å². The average molecular weight is 583 g/mol. The topological polar surface area (TPSA) is 83.8 Å². The molecule has 0 unspecified atom stereocenters. The Morgan fingerprint density at radius 3 is 2.19 bits per heavy atom. The maximum Gasteiger partial charge on any atom is 0.271 e. The molecular formula is C35H26N4O3S. The molecule has 2 aliphatic heterocycles. The molecule has 0 spiro atoms. The molecule has 7 nitrogen and oxygen atoms in total. The number of rotatable bonds is 5. The zero-order valence-electron chi connectivity index (χ0n) is 23.2. The van der Waals surface area contributed by atoms with Crippen molar-refractivity contribution in [2.24, 2.45) is 4.99 Å². The van der Waals surface area contributed by atoms with E-state index in [0.717, 1.165) is 16.8 Å². The molecule has 7 rings (SSSR count). The highest BCUT2D eigenvalue weighted by molar-refractivity contribution is 7.07. The minimum atomic E-state index is -0.720. The molecule has 1 aromatic heterocycles. The number of allylic oxidation sites excluding steroid dienone is 1. The van der Waals surface area contributed by atoms with Gasteiger partial charge in [-0.15, -0.1) is 0 Å². The van der Waals surface area contributed by atoms with E-state index in [1.807, 2.05) is 115 Å². The molecule has 3 heterocycles. The van der Waals surface area contributed by atoms with Gasteiger partial charge in [-0.2, -0.15) is 0 Å². The van der Waals surface area contributed by atoms with Gasteiger partial charge in [0.2, 0.25) is 0 Å². The Balaban J connectivity index is 1.41. The van der Waals surface area contributed by atoms with Crippen LogP contribution in [-0.4, -0.2) is 16.4 Å². The lowest BCUT2D eigenvalue weighted by molar-refractivity contribution is -0.114. The van der Waals surface area contributed by atoms with Crippen molar-refractivity contribution in [3.8, 4) is 0 Å². The van der Waals surface area contributed by atoms with Gasteiger partial charge in [0.05, 0.1) is 35.1 Å². The number of benzene rings is 4. The van der Waals surface area contributed by atoms with Gasteiger partial charge < -0.3 is 10.2 Å². The molecule has 0 bridgehead atoms. The van der Waals surface area contributed by atoms with E-state index in [-0.39, 0.29) is 17.4 Å². The summed E-state index contributed by atoms with van der Waals surface area (Å²) < 4.78 is 1.87. The summed E-state index contributed by atoms with van der Waals surface area (Å²) in [5, 5.41) is 2.97. The summed E-state index contributed by atoms with van der Waals surface area (Å²) >= 11 is 1.19. The number of hydrogen-bond donors (Lipinski definition) is 1. The standard InChI is InChI=1S/C35H26N4O3S/c1-22-28(32(40)37-25-17-9-4-10-18-25)30(24-15-7-3-8-16-24)39-34(42)31(43-35(39)36-22)29-26-19-11-12-20-27(26)38(33(29)41)21-23-13-5-2-6-14-23/h2-20,30H,21H2,1H3,(H,37,40)/b31-29-/t30-/m1/s1. The number of fused-ring (bicyclic) bond motifs is 2. The van der Waals surface area contributed by atoms with Gasteiger partial charge in [0.15, 0.2) is 4.80 Å². The molecule has 1 atom stereocenters. The van der Waals surface area contributed by atoms with Crippen molar-refractivity contribution < 1.29 is 9.59 Å². The fraction of sp³-hybridized carbons (Fsp3) is 0.0857. The average Bonchev–Trinajstić information content (AvgIpc) is 3.49. The first kappa shape index (κ1) is 26.6. The fourth-order valence-electron chi connectivity index (χ4n) is 5.76. The molecule has 0 aliphatic carbocycles. The van der Waals surface area contributed by atoms with Crippen molar-refractivity contribution >= 4 is 40.1 Å². The predicted octanol–water partition coefficient (Wildman–Crippen LogP) is 4.79. The third kappa shape index (κ3) is 4.62. The molecule has 2 amide bonds. The quantitative estimate of drug-likeness (QED) is 0.324. The second kappa shape index (κ2) is 10.8. The van der Waals surface area contributed by atoms with Crippen LogP contribution in [0.25, 0.3) is 5.57 Å². The van der Waals surface area contributed by atoms with E-state index in [2.05, 4.69) is 5.32 Å². The van der Waals surface area contributed by atoms with E-state index in [9.17, 15) is 14.4 Å². The minimum Gasteiger partial charge on any atom is -0.322 e. The van der Waals surface area contributed by atoms with Gasteiger partial charge in [-0.05, 0) is 36.2 Å². The summed E-state index contributed by atoms with van der Waals surface area (Å²) in [5.74, 6) is -0.570. The number of amides is 2. The lowest BCUT2D eigenvalue weighted by atomic mass is 9.95. The van der Waals surface area contributed by atoms with Gasteiger partial charge in [0, 0.05) is 11.3 Å². The Morgan fingerprint density at radius 1 is 0.837 bits per heavy atom. The summed E-state index contributed by atoms with van der Waals surface area (Å²) in [5.41, 5.74) is 4.78. The highest BCUT2D eigenvalue weighted by Gasteiger charge is 2.37. The van der Waals surface area contributed by atoms with Crippen molar-refractivity contribution in [1.82, 2.24) is 4.57 Å². The van der Waals surface area contributed by atoms with Gasteiger partial charge in [0.1, 0.15) is 4.53 Å². The molecule has 0 saturated heterocycles. The molecule has 8 heteroatoms. The third-order valence-electron chi connectivity index (χ3n) is 7.72. The molecule has 0 saturated carbocycles. The van der Waals surface area contributed by atoms with Gasteiger partial charge in [-0.3, -0.25) is 19.0 Å². The summed E-state index contributed by atoms with van der Waals surface area (Å²) in [7, 11) is 0. The van der Waals surface area contributed by atoms with Crippen molar-refractivity contribution in [3.63, 3.8) is 0 Å². The number of nitrogens with zero attached hydrogens (tertiary/aromatic N) is 3. The van der Waals surface area contributed by atoms with Crippen LogP contribution in [0.4, 0.5) is 11.4 Å². The number of carbonyl (C=O) groups is 2. The Hall–Kier alpha value is -5.34. The fourth-order valence-corrected chi connectivity index (χ4v) is 6.89. The van der Waals surface area contributed by atoms with Crippen LogP contribution in [0, 0.1) is 0 Å². The number of aromatic nitrogens is 1. The van der Waals surface area contributed by atoms with Gasteiger partial charge >= 0.3 is 0 Å². The third-order valence-corrected chi connectivity index (χ3v) is 8.78. The Bertz CT molecular complexity index is 2100. The van der Waals surface area contributed by atoms with Crippen LogP contribution in [-0.2, 0) is 16.1 Å². The molecule has 4 aromatic carbocycles. The highest BCUT2D eigenvalue weighted by atomic mass is 32.1. The number of para-hydroxylation sites is 2. The summed E-state index contributed by atoms with van der Waals surface area (Å²) in [6, 6.07) is 35.3. The van der Waals surface area contributed by atoms with Crippen molar-refractivity contribution in [1.29, 1.82) is 0 Å². The lowest BCUT2D eigenvalue weighted by Crippen LogP contribution is -2.41. The Morgan fingerprint density at radius 2 is 1.47 bits per heavy atom. The first-order valence-corrected chi connectivity index (χ1v) is 14.7. The number of carbonyl (C=O) groups excluding carboxylic acids is 2. The van der Waals surface area contributed by atoms with Gasteiger partial charge in [0.25, 0.3) is 17.4 Å². The van der Waals surface area contributed by atoms with E-state index in [4.69, 9.17) is 4.99 Å². The molecule has 0 fully saturated rings. The van der Waals surface area contributed by atoms with E-state index < -0.39 is 6.04 Å². The number of nitrogens with one attached hydrogen (secondary N) is 1.